The molecule has 0 aliphatic carbocycles. The van der Waals surface area contributed by atoms with Crippen molar-refractivity contribution in [2.45, 2.75) is 6.54 Å². The number of halogens is 1. The van der Waals surface area contributed by atoms with Gasteiger partial charge in [-0.05, 0) is 23.8 Å². The number of piperazine rings is 1. The highest BCUT2D eigenvalue weighted by molar-refractivity contribution is 6.00. The molecule has 3 rings (SSSR count). The zero-order chi connectivity index (χ0) is 21.0. The largest absolute Gasteiger partial charge is 0.494 e. The van der Waals surface area contributed by atoms with Crippen LogP contribution in [0.5, 0.6) is 5.75 Å². The minimum Gasteiger partial charge on any atom is -0.494 e. The number of carbonyl (C=O) groups is 1. The smallest absolute Gasteiger partial charge is 0.270 e. The van der Waals surface area contributed by atoms with Gasteiger partial charge < -0.3 is 15.0 Å². The number of nitrogens with zero attached hydrogens (tertiary/aromatic N) is 3. The van der Waals surface area contributed by atoms with Gasteiger partial charge in [0.25, 0.3) is 11.6 Å². The molecule has 0 atom stereocenters. The zero-order valence-electron chi connectivity index (χ0n) is 16.4. The number of benzene rings is 2. The molecule has 0 unspecified atom stereocenters. The summed E-state index contributed by atoms with van der Waals surface area (Å²) in [7, 11) is 3.10. The second-order valence-corrected chi connectivity index (χ2v) is 6.77. The standard InChI is InChI=1S/C20H23FN4O4/c1-22-18-5-4-15(25(27)28)12-16(18)20(26)24-9-7-23(8-10-24)13-14-3-6-19(29-2)17(21)11-14/h3-6,11-12,22H,7-10,13H2,1-2H3. The van der Waals surface area contributed by atoms with Crippen LogP contribution in [0, 0.1) is 15.9 Å². The van der Waals surface area contributed by atoms with Gasteiger partial charge >= 0.3 is 0 Å². The number of nitro groups is 1. The van der Waals surface area contributed by atoms with Crippen LogP contribution in [0.15, 0.2) is 36.4 Å². The number of hydrogen-bond acceptors (Lipinski definition) is 6. The number of amides is 1. The molecule has 1 aliphatic heterocycles. The number of carbonyl (C=O) groups excluding carboxylic acids is 1. The number of hydrogen-bond donors (Lipinski definition) is 1. The fourth-order valence-corrected chi connectivity index (χ4v) is 3.39. The Morgan fingerprint density at radius 2 is 1.93 bits per heavy atom. The average molecular weight is 402 g/mol. The Morgan fingerprint density at radius 3 is 2.52 bits per heavy atom. The Labute approximate surface area is 168 Å². The van der Waals surface area contributed by atoms with Gasteiger partial charge in [0.15, 0.2) is 11.6 Å². The highest BCUT2D eigenvalue weighted by Gasteiger charge is 2.25. The van der Waals surface area contributed by atoms with Gasteiger partial charge in [-0.25, -0.2) is 4.39 Å². The number of ether oxygens (including phenoxy) is 1. The number of nitrogens with one attached hydrogen (secondary N) is 1. The van der Waals surface area contributed by atoms with E-state index in [0.717, 1.165) is 5.56 Å². The van der Waals surface area contributed by atoms with Crippen LogP contribution in [0.4, 0.5) is 15.8 Å². The third-order valence-electron chi connectivity index (χ3n) is 5.00. The predicted molar refractivity (Wildman–Crippen MR) is 107 cm³/mol. The van der Waals surface area contributed by atoms with E-state index in [-0.39, 0.29) is 22.9 Å². The minimum absolute atomic E-state index is 0.118. The van der Waals surface area contributed by atoms with Gasteiger partial charge in [-0.15, -0.1) is 0 Å². The quantitative estimate of drug-likeness (QED) is 0.591. The molecule has 1 amide bonds. The summed E-state index contributed by atoms with van der Waals surface area (Å²) in [4.78, 5) is 27.3. The van der Waals surface area contributed by atoms with E-state index in [1.165, 1.54) is 25.3 Å². The minimum atomic E-state index is -0.512. The molecule has 1 fully saturated rings. The summed E-state index contributed by atoms with van der Waals surface area (Å²) < 4.78 is 18.8. The first-order valence-corrected chi connectivity index (χ1v) is 9.23. The molecule has 2 aromatic rings. The predicted octanol–water partition coefficient (Wildman–Crippen LogP) is 2.74. The lowest BCUT2D eigenvalue weighted by Crippen LogP contribution is -2.48. The Hall–Kier alpha value is -3.20. The molecule has 0 radical (unpaired) electrons. The normalized spacial score (nSPS) is 14.5. The summed E-state index contributed by atoms with van der Waals surface area (Å²) >= 11 is 0. The lowest BCUT2D eigenvalue weighted by Gasteiger charge is -2.35. The fourth-order valence-electron chi connectivity index (χ4n) is 3.39. The van der Waals surface area contributed by atoms with Crippen LogP contribution in [0.25, 0.3) is 0 Å². The number of non-ortho nitro benzene ring substituents is 1. The van der Waals surface area contributed by atoms with E-state index in [0.29, 0.717) is 38.4 Å². The highest BCUT2D eigenvalue weighted by atomic mass is 19.1. The van der Waals surface area contributed by atoms with Crippen LogP contribution in [0.1, 0.15) is 15.9 Å². The maximum Gasteiger partial charge on any atom is 0.270 e. The summed E-state index contributed by atoms with van der Waals surface area (Å²) in [5.41, 5.74) is 1.55. The SMILES string of the molecule is CNc1ccc([N+](=O)[O-])cc1C(=O)N1CCN(Cc2ccc(OC)c(F)c2)CC1. The number of anilines is 1. The van der Waals surface area contributed by atoms with Crippen LogP contribution in [0.2, 0.25) is 0 Å². The molecule has 9 heteroatoms. The maximum absolute atomic E-state index is 13.9. The van der Waals surface area contributed by atoms with Gasteiger partial charge in [-0.2, -0.15) is 0 Å². The van der Waals surface area contributed by atoms with E-state index < -0.39 is 10.7 Å². The van der Waals surface area contributed by atoms with Crippen molar-refractivity contribution in [3.8, 4) is 5.75 Å². The van der Waals surface area contributed by atoms with E-state index in [1.807, 2.05) is 6.07 Å². The van der Waals surface area contributed by atoms with E-state index in [2.05, 4.69) is 10.2 Å². The Balaban J connectivity index is 1.65. The van der Waals surface area contributed by atoms with Crippen molar-refractivity contribution in [2.75, 3.05) is 45.7 Å². The summed E-state index contributed by atoms with van der Waals surface area (Å²) in [6, 6.07) is 9.10. The first kappa shape index (κ1) is 20.5. The van der Waals surface area contributed by atoms with Crippen molar-refractivity contribution >= 4 is 17.3 Å². The third kappa shape index (κ3) is 4.62. The molecule has 1 N–H and O–H groups in total. The molecule has 8 nitrogen and oxygen atoms in total. The molecule has 0 saturated carbocycles. The molecular formula is C20H23FN4O4. The second-order valence-electron chi connectivity index (χ2n) is 6.77. The molecular weight excluding hydrogens is 379 g/mol. The molecule has 1 aliphatic rings. The van der Waals surface area contributed by atoms with Crippen molar-refractivity contribution in [3.05, 3.63) is 63.5 Å². The highest BCUT2D eigenvalue weighted by Crippen LogP contribution is 2.24. The number of nitro benzene ring substituents is 1. The number of rotatable bonds is 6. The zero-order valence-corrected chi connectivity index (χ0v) is 16.4. The van der Waals surface area contributed by atoms with E-state index in [4.69, 9.17) is 4.74 Å². The van der Waals surface area contributed by atoms with Gasteiger partial charge in [0, 0.05) is 57.6 Å². The van der Waals surface area contributed by atoms with Crippen molar-refractivity contribution in [1.29, 1.82) is 0 Å². The molecule has 1 heterocycles. The summed E-state index contributed by atoms with van der Waals surface area (Å²) in [5, 5.41) is 14.0. The summed E-state index contributed by atoms with van der Waals surface area (Å²) in [6.07, 6.45) is 0. The van der Waals surface area contributed by atoms with Crippen LogP contribution >= 0.6 is 0 Å². The monoisotopic (exact) mass is 402 g/mol. The molecule has 1 saturated heterocycles. The first-order chi connectivity index (χ1) is 13.9. The molecule has 0 bridgehead atoms. The summed E-state index contributed by atoms with van der Waals surface area (Å²) in [5.74, 6) is -0.432. The fraction of sp³-hybridized carbons (Fsp3) is 0.350. The average Bonchev–Trinajstić information content (AvgIpc) is 2.73. The van der Waals surface area contributed by atoms with Gasteiger partial charge in [-0.3, -0.25) is 19.8 Å². The van der Waals surface area contributed by atoms with Gasteiger partial charge in [0.2, 0.25) is 0 Å². The third-order valence-corrected chi connectivity index (χ3v) is 5.00. The van der Waals surface area contributed by atoms with Crippen LogP contribution < -0.4 is 10.1 Å². The Kier molecular flexibility index (Phi) is 6.28. The first-order valence-electron chi connectivity index (χ1n) is 9.23. The van der Waals surface area contributed by atoms with Gasteiger partial charge in [0.1, 0.15) is 0 Å². The van der Waals surface area contributed by atoms with Gasteiger partial charge in [0.05, 0.1) is 17.6 Å². The van der Waals surface area contributed by atoms with Crippen LogP contribution in [-0.4, -0.2) is 61.0 Å². The molecule has 0 spiro atoms. The molecule has 0 aromatic heterocycles. The van der Waals surface area contributed by atoms with Crippen molar-refractivity contribution in [1.82, 2.24) is 9.80 Å². The molecule has 154 valence electrons. The van der Waals surface area contributed by atoms with E-state index >= 15 is 0 Å². The lowest BCUT2D eigenvalue weighted by atomic mass is 10.1. The van der Waals surface area contributed by atoms with Crippen LogP contribution in [-0.2, 0) is 6.54 Å². The second kappa shape index (κ2) is 8.87. The molecule has 29 heavy (non-hydrogen) atoms. The van der Waals surface area contributed by atoms with E-state index in [1.54, 1.807) is 24.1 Å². The topological polar surface area (TPSA) is 88.0 Å². The Morgan fingerprint density at radius 1 is 1.21 bits per heavy atom. The van der Waals surface area contributed by atoms with Crippen molar-refractivity contribution < 1.29 is 18.8 Å². The summed E-state index contributed by atoms with van der Waals surface area (Å²) in [6.45, 7) is 2.81. The lowest BCUT2D eigenvalue weighted by molar-refractivity contribution is -0.384. The number of methoxy groups -OCH3 is 1. The van der Waals surface area contributed by atoms with Gasteiger partial charge in [-0.1, -0.05) is 6.07 Å². The van der Waals surface area contributed by atoms with Crippen molar-refractivity contribution in [2.24, 2.45) is 0 Å². The van der Waals surface area contributed by atoms with Crippen LogP contribution in [0.3, 0.4) is 0 Å². The van der Waals surface area contributed by atoms with Crippen molar-refractivity contribution in [3.63, 3.8) is 0 Å². The maximum atomic E-state index is 13.9. The molecule has 2 aromatic carbocycles. The van der Waals surface area contributed by atoms with E-state index in [9.17, 15) is 19.3 Å². The Bertz CT molecular complexity index is 913.